The van der Waals surface area contributed by atoms with Crippen molar-refractivity contribution in [3.63, 3.8) is 0 Å². The van der Waals surface area contributed by atoms with Crippen LogP contribution < -0.4 is 0 Å². The number of esters is 2. The highest BCUT2D eigenvalue weighted by Crippen LogP contribution is 2.36. The van der Waals surface area contributed by atoms with Crippen LogP contribution in [0.25, 0.3) is 0 Å². The zero-order chi connectivity index (χ0) is 41.4. The number of hydrogen-bond donors (Lipinski definition) is 2. The Balaban J connectivity index is 3.79. The fourth-order valence-corrected chi connectivity index (χ4v) is 7.75. The normalized spacial score (nSPS) is 12.5. The van der Waals surface area contributed by atoms with Gasteiger partial charge in [-0.2, -0.15) is 0 Å². The molecule has 56 heavy (non-hydrogen) atoms. The molecule has 0 aromatic heterocycles. The molecule has 0 aromatic carbocycles. The number of carbonyl (C=O) groups excluding carboxylic acids is 2. The summed E-state index contributed by atoms with van der Waals surface area (Å²) in [7, 11) is -4.75. The second kappa shape index (κ2) is 40.8. The van der Waals surface area contributed by atoms with Gasteiger partial charge in [0.15, 0.2) is 6.10 Å². The Morgan fingerprint density at radius 1 is 0.411 bits per heavy atom. The third-order valence-electron chi connectivity index (χ3n) is 11.0. The first kappa shape index (κ1) is 55.0. The van der Waals surface area contributed by atoms with Gasteiger partial charge in [0.2, 0.25) is 0 Å². The number of carbonyl (C=O) groups is 2. The quantitative estimate of drug-likeness (QED) is 0.0354. The SMILES string of the molecule is CC(C)CCCCCCCCCCCCCCCCCCC(=O)OC[C@H](COP(=O)(O)O)OC(=O)CCCCCCCCCCCCCCCCCCC(C)C. The van der Waals surface area contributed by atoms with Gasteiger partial charge in [0.25, 0.3) is 0 Å². The third kappa shape index (κ3) is 45.7. The van der Waals surface area contributed by atoms with E-state index in [1.54, 1.807) is 0 Å². The molecule has 0 aromatic rings. The molecule has 0 rings (SSSR count). The predicted molar refractivity (Wildman–Crippen MR) is 235 cm³/mol. The highest BCUT2D eigenvalue weighted by Gasteiger charge is 2.23. The maximum atomic E-state index is 12.5. The summed E-state index contributed by atoms with van der Waals surface area (Å²) in [6.07, 6.45) is 42.6. The molecule has 8 nitrogen and oxygen atoms in total. The summed E-state index contributed by atoms with van der Waals surface area (Å²) in [4.78, 5) is 43.0. The smallest absolute Gasteiger partial charge is 0.462 e. The highest BCUT2D eigenvalue weighted by atomic mass is 31.2. The lowest BCUT2D eigenvalue weighted by Gasteiger charge is -2.18. The van der Waals surface area contributed by atoms with Crippen molar-refractivity contribution in [3.8, 4) is 0 Å². The van der Waals surface area contributed by atoms with Crippen LogP contribution in [0.5, 0.6) is 0 Å². The minimum absolute atomic E-state index is 0.219. The molecule has 334 valence electrons. The molecule has 0 amide bonds. The van der Waals surface area contributed by atoms with Gasteiger partial charge in [0.1, 0.15) is 6.61 Å². The van der Waals surface area contributed by atoms with Crippen molar-refractivity contribution < 1.29 is 37.9 Å². The fourth-order valence-electron chi connectivity index (χ4n) is 7.39. The van der Waals surface area contributed by atoms with Gasteiger partial charge in [-0.15, -0.1) is 0 Å². The van der Waals surface area contributed by atoms with E-state index in [1.807, 2.05) is 0 Å². The lowest BCUT2D eigenvalue weighted by molar-refractivity contribution is -0.161. The Hall–Kier alpha value is -0.950. The van der Waals surface area contributed by atoms with Crippen molar-refractivity contribution >= 4 is 19.8 Å². The average molecular weight is 817 g/mol. The van der Waals surface area contributed by atoms with Gasteiger partial charge in [-0.3, -0.25) is 14.1 Å². The zero-order valence-electron chi connectivity index (χ0n) is 37.4. The van der Waals surface area contributed by atoms with Crippen molar-refractivity contribution in [2.75, 3.05) is 13.2 Å². The van der Waals surface area contributed by atoms with Gasteiger partial charge in [0, 0.05) is 12.8 Å². The molecule has 0 saturated carbocycles. The topological polar surface area (TPSA) is 119 Å². The Kier molecular flexibility index (Phi) is 40.1. The van der Waals surface area contributed by atoms with Crippen LogP contribution in [0.15, 0.2) is 0 Å². The summed E-state index contributed by atoms with van der Waals surface area (Å²) in [6.45, 7) is 8.44. The molecular formula is C47H93O8P. The van der Waals surface area contributed by atoms with Crippen LogP contribution in [0.4, 0.5) is 0 Å². The Morgan fingerprint density at radius 2 is 0.679 bits per heavy atom. The summed E-state index contributed by atoms with van der Waals surface area (Å²) in [5, 5.41) is 0. The van der Waals surface area contributed by atoms with Gasteiger partial charge >= 0.3 is 19.8 Å². The summed E-state index contributed by atoms with van der Waals surface area (Å²) in [5.74, 6) is 0.819. The van der Waals surface area contributed by atoms with E-state index in [2.05, 4.69) is 32.2 Å². The molecule has 0 radical (unpaired) electrons. The molecule has 2 N–H and O–H groups in total. The van der Waals surface area contributed by atoms with Crippen LogP contribution in [-0.4, -0.2) is 41.0 Å². The second-order valence-corrected chi connectivity index (χ2v) is 19.0. The van der Waals surface area contributed by atoms with Gasteiger partial charge in [0.05, 0.1) is 6.61 Å². The van der Waals surface area contributed by atoms with E-state index < -0.39 is 32.5 Å². The highest BCUT2D eigenvalue weighted by molar-refractivity contribution is 7.46. The monoisotopic (exact) mass is 817 g/mol. The molecule has 0 aliphatic carbocycles. The minimum atomic E-state index is -4.75. The van der Waals surface area contributed by atoms with E-state index >= 15 is 0 Å². The summed E-state index contributed by atoms with van der Waals surface area (Å²) in [6, 6.07) is 0. The van der Waals surface area contributed by atoms with Crippen LogP contribution in [0.1, 0.15) is 259 Å². The Labute approximate surface area is 346 Å². The van der Waals surface area contributed by atoms with E-state index in [0.29, 0.717) is 6.42 Å². The van der Waals surface area contributed by atoms with Gasteiger partial charge in [-0.25, -0.2) is 4.57 Å². The lowest BCUT2D eigenvalue weighted by atomic mass is 10.0. The largest absolute Gasteiger partial charge is 0.469 e. The van der Waals surface area contributed by atoms with E-state index in [-0.39, 0.29) is 19.4 Å². The van der Waals surface area contributed by atoms with Gasteiger partial charge in [-0.1, -0.05) is 233 Å². The maximum absolute atomic E-state index is 12.5. The maximum Gasteiger partial charge on any atom is 0.469 e. The summed E-state index contributed by atoms with van der Waals surface area (Å²) in [5.41, 5.74) is 0. The fraction of sp³-hybridized carbons (Fsp3) is 0.957. The molecule has 0 saturated heterocycles. The molecular weight excluding hydrogens is 723 g/mol. The molecule has 0 aliphatic rings. The van der Waals surface area contributed by atoms with Crippen molar-refractivity contribution in [2.24, 2.45) is 11.8 Å². The van der Waals surface area contributed by atoms with Crippen molar-refractivity contribution in [1.29, 1.82) is 0 Å². The van der Waals surface area contributed by atoms with E-state index in [0.717, 1.165) is 43.9 Å². The zero-order valence-corrected chi connectivity index (χ0v) is 38.3. The van der Waals surface area contributed by atoms with Crippen molar-refractivity contribution in [2.45, 2.75) is 265 Å². The van der Waals surface area contributed by atoms with Crippen LogP contribution >= 0.6 is 7.82 Å². The Bertz CT molecular complexity index is 905. The van der Waals surface area contributed by atoms with Crippen LogP contribution in [0.2, 0.25) is 0 Å². The number of phosphoric acid groups is 1. The number of hydrogen-bond acceptors (Lipinski definition) is 6. The first-order valence-electron chi connectivity index (χ1n) is 24.0. The number of unbranched alkanes of at least 4 members (excludes halogenated alkanes) is 30. The Morgan fingerprint density at radius 3 is 0.964 bits per heavy atom. The third-order valence-corrected chi connectivity index (χ3v) is 11.5. The van der Waals surface area contributed by atoms with Crippen LogP contribution in [0, 0.1) is 11.8 Å². The molecule has 0 bridgehead atoms. The number of ether oxygens (including phenoxy) is 2. The molecule has 0 fully saturated rings. The van der Waals surface area contributed by atoms with Crippen LogP contribution in [-0.2, 0) is 28.2 Å². The first-order chi connectivity index (χ1) is 27.0. The number of phosphoric ester groups is 1. The molecule has 0 spiro atoms. The van der Waals surface area contributed by atoms with Crippen molar-refractivity contribution in [1.82, 2.24) is 0 Å². The van der Waals surface area contributed by atoms with Gasteiger partial charge in [-0.05, 0) is 24.7 Å². The predicted octanol–water partition coefficient (Wildman–Crippen LogP) is 14.9. The molecule has 0 heterocycles. The van der Waals surface area contributed by atoms with E-state index in [1.165, 1.54) is 180 Å². The summed E-state index contributed by atoms with van der Waals surface area (Å²) >= 11 is 0. The summed E-state index contributed by atoms with van der Waals surface area (Å²) < 4.78 is 26.5. The first-order valence-corrected chi connectivity index (χ1v) is 25.6. The van der Waals surface area contributed by atoms with E-state index in [4.69, 9.17) is 19.3 Å². The van der Waals surface area contributed by atoms with Gasteiger partial charge < -0.3 is 19.3 Å². The molecule has 1 atom stereocenters. The minimum Gasteiger partial charge on any atom is -0.462 e. The molecule has 0 aliphatic heterocycles. The second-order valence-electron chi connectivity index (χ2n) is 17.8. The number of rotatable bonds is 44. The van der Waals surface area contributed by atoms with E-state index in [9.17, 15) is 14.2 Å². The average Bonchev–Trinajstić information content (AvgIpc) is 3.14. The lowest BCUT2D eigenvalue weighted by Crippen LogP contribution is -2.29. The van der Waals surface area contributed by atoms with Crippen LogP contribution in [0.3, 0.4) is 0 Å². The molecule has 9 heteroatoms. The molecule has 0 unspecified atom stereocenters. The van der Waals surface area contributed by atoms with Crippen molar-refractivity contribution in [3.05, 3.63) is 0 Å². The standard InChI is InChI=1S/C47H93O8P/c1-43(2)37-33-29-25-21-17-13-9-5-7-11-15-19-23-27-31-35-39-46(48)53-41-45(42-54-56(50,51)52)55-47(49)40-36-32-28-24-20-16-12-8-6-10-14-18-22-26-30-34-38-44(3)4/h43-45H,5-42H2,1-4H3,(H2,50,51,52)/t45-/m1/s1.